The molecular formula is C17H23N3OS2. The molecular weight excluding hydrogens is 326 g/mol. The average Bonchev–Trinajstić information content (AvgIpc) is 2.81. The molecule has 0 unspecified atom stereocenters. The van der Waals surface area contributed by atoms with Gasteiger partial charge in [0.2, 0.25) is 5.91 Å². The Balaban J connectivity index is 1.87. The van der Waals surface area contributed by atoms with Gasteiger partial charge in [0, 0.05) is 23.4 Å². The summed E-state index contributed by atoms with van der Waals surface area (Å²) in [5.74, 6) is 1.02. The first-order valence-corrected chi connectivity index (χ1v) is 9.86. The third-order valence-electron chi connectivity index (χ3n) is 4.41. The summed E-state index contributed by atoms with van der Waals surface area (Å²) < 4.78 is 0. The lowest BCUT2D eigenvalue weighted by molar-refractivity contribution is -0.131. The number of carbonyl (C=O) groups excluding carboxylic acids is 1. The van der Waals surface area contributed by atoms with Crippen LogP contribution in [0.25, 0.3) is 10.2 Å². The molecule has 1 amide bonds. The fourth-order valence-electron chi connectivity index (χ4n) is 2.99. The molecule has 1 aliphatic rings. The predicted octanol–water partition coefficient (Wildman–Crippen LogP) is 4.11. The summed E-state index contributed by atoms with van der Waals surface area (Å²) in [5, 5.41) is 1.97. The number of aryl methyl sites for hydroxylation is 3. The highest BCUT2D eigenvalue weighted by Gasteiger charge is 2.25. The summed E-state index contributed by atoms with van der Waals surface area (Å²) in [4.78, 5) is 26.2. The number of fused-ring (bicyclic) bond motifs is 1. The zero-order valence-electron chi connectivity index (χ0n) is 14.2. The van der Waals surface area contributed by atoms with Gasteiger partial charge in [-0.1, -0.05) is 11.8 Å². The number of amides is 1. The second kappa shape index (κ2) is 6.77. The van der Waals surface area contributed by atoms with Gasteiger partial charge in [-0.15, -0.1) is 11.3 Å². The number of likely N-dealkylation sites (tertiary alicyclic amines) is 1. The van der Waals surface area contributed by atoms with Crippen molar-refractivity contribution >= 4 is 39.2 Å². The second-order valence-electron chi connectivity index (χ2n) is 6.19. The first-order chi connectivity index (χ1) is 11.0. The molecule has 3 heterocycles. The van der Waals surface area contributed by atoms with Crippen molar-refractivity contribution < 1.29 is 4.79 Å². The Bertz CT molecular complexity index is 735. The van der Waals surface area contributed by atoms with E-state index >= 15 is 0 Å². The molecule has 1 saturated heterocycles. The van der Waals surface area contributed by atoms with E-state index in [1.54, 1.807) is 23.1 Å². The van der Waals surface area contributed by atoms with Gasteiger partial charge in [-0.2, -0.15) is 0 Å². The summed E-state index contributed by atoms with van der Waals surface area (Å²) in [7, 11) is 0. The van der Waals surface area contributed by atoms with Crippen LogP contribution in [0.3, 0.4) is 0 Å². The zero-order valence-corrected chi connectivity index (χ0v) is 15.8. The predicted molar refractivity (Wildman–Crippen MR) is 97.4 cm³/mol. The molecule has 1 fully saturated rings. The molecule has 4 nitrogen and oxygen atoms in total. The lowest BCUT2D eigenvalue weighted by Crippen LogP contribution is -2.40. The van der Waals surface area contributed by atoms with Crippen LogP contribution in [0.15, 0.2) is 5.03 Å². The Morgan fingerprint density at radius 1 is 1.17 bits per heavy atom. The maximum atomic E-state index is 12.7. The van der Waals surface area contributed by atoms with Gasteiger partial charge in [-0.3, -0.25) is 4.79 Å². The van der Waals surface area contributed by atoms with Gasteiger partial charge in [0.05, 0.1) is 5.25 Å². The Labute approximate surface area is 145 Å². The van der Waals surface area contributed by atoms with Crippen LogP contribution in [0.5, 0.6) is 0 Å². The fraction of sp³-hybridized carbons (Fsp3) is 0.588. The van der Waals surface area contributed by atoms with Crippen LogP contribution in [0, 0.1) is 20.8 Å². The van der Waals surface area contributed by atoms with Gasteiger partial charge >= 0.3 is 0 Å². The van der Waals surface area contributed by atoms with Gasteiger partial charge in [-0.05, 0) is 52.5 Å². The molecule has 1 aliphatic heterocycles. The van der Waals surface area contributed by atoms with Crippen molar-refractivity contribution in [3.05, 3.63) is 16.3 Å². The molecule has 0 saturated carbocycles. The topological polar surface area (TPSA) is 46.1 Å². The quantitative estimate of drug-likeness (QED) is 0.618. The maximum absolute atomic E-state index is 12.7. The first kappa shape index (κ1) is 16.7. The second-order valence-corrected chi connectivity index (χ2v) is 8.72. The number of piperidine rings is 1. The number of rotatable bonds is 3. The minimum absolute atomic E-state index is 0.106. The third kappa shape index (κ3) is 3.38. The number of hydrogen-bond acceptors (Lipinski definition) is 5. The van der Waals surface area contributed by atoms with Gasteiger partial charge in [0.25, 0.3) is 0 Å². The highest BCUT2D eigenvalue weighted by atomic mass is 32.2. The normalized spacial score (nSPS) is 16.8. The van der Waals surface area contributed by atoms with Crippen molar-refractivity contribution in [2.75, 3.05) is 13.1 Å². The van der Waals surface area contributed by atoms with Crippen LogP contribution >= 0.6 is 23.1 Å². The lowest BCUT2D eigenvalue weighted by atomic mass is 10.1. The minimum atomic E-state index is -0.106. The molecule has 0 N–H and O–H groups in total. The van der Waals surface area contributed by atoms with Gasteiger partial charge in [-0.25, -0.2) is 9.97 Å². The van der Waals surface area contributed by atoms with Crippen LogP contribution in [0.2, 0.25) is 0 Å². The van der Waals surface area contributed by atoms with Crippen molar-refractivity contribution in [2.24, 2.45) is 0 Å². The summed E-state index contributed by atoms with van der Waals surface area (Å²) in [6, 6.07) is 0. The third-order valence-corrected chi connectivity index (χ3v) is 6.59. The fourth-order valence-corrected chi connectivity index (χ4v) is 5.27. The minimum Gasteiger partial charge on any atom is -0.342 e. The molecule has 124 valence electrons. The molecule has 0 radical (unpaired) electrons. The number of thioether (sulfide) groups is 1. The van der Waals surface area contributed by atoms with E-state index in [1.165, 1.54) is 16.9 Å². The van der Waals surface area contributed by atoms with E-state index in [1.807, 2.05) is 18.7 Å². The van der Waals surface area contributed by atoms with E-state index in [0.717, 1.165) is 47.0 Å². The maximum Gasteiger partial charge on any atom is 0.235 e. The highest BCUT2D eigenvalue weighted by Crippen LogP contribution is 2.36. The van der Waals surface area contributed by atoms with Crippen LogP contribution in [-0.2, 0) is 4.79 Å². The molecule has 1 atom stereocenters. The summed E-state index contributed by atoms with van der Waals surface area (Å²) in [5.41, 5.74) is 1.24. The van der Waals surface area contributed by atoms with Crippen molar-refractivity contribution in [1.29, 1.82) is 0 Å². The van der Waals surface area contributed by atoms with Crippen molar-refractivity contribution in [3.63, 3.8) is 0 Å². The SMILES string of the molecule is Cc1nc(S[C@H](C)C(=O)N2CCCCC2)c2c(C)c(C)sc2n1. The molecule has 2 aromatic heterocycles. The van der Waals surface area contributed by atoms with E-state index in [2.05, 4.69) is 23.8 Å². The van der Waals surface area contributed by atoms with Crippen LogP contribution < -0.4 is 0 Å². The number of thiophene rings is 1. The van der Waals surface area contributed by atoms with Crippen molar-refractivity contribution in [3.8, 4) is 0 Å². The Hall–Kier alpha value is -1.14. The molecule has 23 heavy (non-hydrogen) atoms. The molecule has 0 spiro atoms. The Morgan fingerprint density at radius 3 is 2.57 bits per heavy atom. The number of carbonyl (C=O) groups is 1. The van der Waals surface area contributed by atoms with Crippen LogP contribution in [0.4, 0.5) is 0 Å². The van der Waals surface area contributed by atoms with Gasteiger partial charge < -0.3 is 4.90 Å². The van der Waals surface area contributed by atoms with E-state index in [4.69, 9.17) is 0 Å². The lowest BCUT2D eigenvalue weighted by Gasteiger charge is -2.29. The van der Waals surface area contributed by atoms with E-state index < -0.39 is 0 Å². The largest absolute Gasteiger partial charge is 0.342 e. The van der Waals surface area contributed by atoms with Gasteiger partial charge in [0.15, 0.2) is 0 Å². The standard InChI is InChI=1S/C17H23N3OS2/c1-10-11(2)22-15-14(10)16(19-13(4)18-15)23-12(3)17(21)20-8-6-5-7-9-20/h12H,5-9H2,1-4H3/t12-/m1/s1. The highest BCUT2D eigenvalue weighted by molar-refractivity contribution is 8.00. The summed E-state index contributed by atoms with van der Waals surface area (Å²) in [6.45, 7) is 9.96. The number of hydrogen-bond donors (Lipinski definition) is 0. The van der Waals surface area contributed by atoms with E-state index in [9.17, 15) is 4.79 Å². The Kier molecular flexibility index (Phi) is 4.92. The summed E-state index contributed by atoms with van der Waals surface area (Å²) in [6.07, 6.45) is 3.50. The first-order valence-electron chi connectivity index (χ1n) is 8.17. The Morgan fingerprint density at radius 2 is 1.87 bits per heavy atom. The van der Waals surface area contributed by atoms with Crippen LogP contribution in [-0.4, -0.2) is 39.1 Å². The van der Waals surface area contributed by atoms with E-state index in [0.29, 0.717) is 0 Å². The monoisotopic (exact) mass is 349 g/mol. The zero-order chi connectivity index (χ0) is 16.6. The molecule has 6 heteroatoms. The van der Waals surface area contributed by atoms with Crippen molar-refractivity contribution in [1.82, 2.24) is 14.9 Å². The molecule has 2 aromatic rings. The molecule has 0 aromatic carbocycles. The van der Waals surface area contributed by atoms with Crippen molar-refractivity contribution in [2.45, 2.75) is 57.2 Å². The van der Waals surface area contributed by atoms with E-state index in [-0.39, 0.29) is 11.2 Å². The number of nitrogens with zero attached hydrogens (tertiary/aromatic N) is 3. The van der Waals surface area contributed by atoms with Gasteiger partial charge in [0.1, 0.15) is 15.7 Å². The molecule has 0 bridgehead atoms. The molecule has 3 rings (SSSR count). The number of aromatic nitrogens is 2. The van der Waals surface area contributed by atoms with Crippen LogP contribution in [0.1, 0.15) is 42.5 Å². The molecule has 0 aliphatic carbocycles. The summed E-state index contributed by atoms with van der Waals surface area (Å²) >= 11 is 3.29. The average molecular weight is 350 g/mol. The smallest absolute Gasteiger partial charge is 0.235 e.